The molecule has 0 amide bonds. The molecule has 0 aromatic heterocycles. The van der Waals surface area contributed by atoms with Crippen LogP contribution in [0.2, 0.25) is 0 Å². The molecule has 2 N–H and O–H groups in total. The zero-order valence-corrected chi connectivity index (χ0v) is 20.8. The normalized spacial score (nSPS) is 21.1. The van der Waals surface area contributed by atoms with Crippen molar-refractivity contribution in [3.8, 4) is 0 Å². The molecule has 1 aliphatic heterocycles. The lowest BCUT2D eigenvalue weighted by Gasteiger charge is -2.39. The second-order valence-corrected chi connectivity index (χ2v) is 9.54. The number of rotatable bonds is 11. The van der Waals surface area contributed by atoms with Gasteiger partial charge in [0.05, 0.1) is 18.8 Å². The third-order valence-electron chi connectivity index (χ3n) is 7.02. The molecule has 1 saturated heterocycles. The number of unbranched alkanes of at least 4 members (excludes halogenated alkanes) is 2. The van der Waals surface area contributed by atoms with Crippen molar-refractivity contribution in [1.82, 2.24) is 0 Å². The molecule has 1 aliphatic rings. The Labute approximate surface area is 213 Å². The van der Waals surface area contributed by atoms with Crippen molar-refractivity contribution >= 4 is 5.97 Å². The van der Waals surface area contributed by atoms with Crippen molar-refractivity contribution in [3.05, 3.63) is 108 Å². The Hall–Kier alpha value is -2.99. The minimum atomic E-state index is -0.976. The summed E-state index contributed by atoms with van der Waals surface area (Å²) in [5.74, 6) is -1.48. The molecule has 0 radical (unpaired) electrons. The molecule has 4 rings (SSSR count). The number of carbonyl (C=O) groups excluding carboxylic acids is 1. The van der Waals surface area contributed by atoms with Gasteiger partial charge in [-0.25, -0.2) is 0 Å². The van der Waals surface area contributed by atoms with Crippen molar-refractivity contribution < 1.29 is 24.5 Å². The molecule has 0 spiro atoms. The average Bonchev–Trinajstić information content (AvgIpc) is 2.91. The molecule has 3 aromatic rings. The Kier molecular flexibility index (Phi) is 8.92. The maximum absolute atomic E-state index is 12.8. The Bertz CT molecular complexity index is 973. The van der Waals surface area contributed by atoms with Crippen LogP contribution in [0.25, 0.3) is 0 Å². The Balaban J connectivity index is 1.59. The number of hydrogen-bond donors (Lipinski definition) is 2. The van der Waals surface area contributed by atoms with Crippen LogP contribution in [0.15, 0.2) is 91.0 Å². The summed E-state index contributed by atoms with van der Waals surface area (Å²) >= 11 is 0. The number of hydrogen-bond acceptors (Lipinski definition) is 5. The molecular formula is C31H36O5. The fourth-order valence-corrected chi connectivity index (χ4v) is 5.15. The van der Waals surface area contributed by atoms with E-state index in [0.717, 1.165) is 36.0 Å². The molecule has 3 aromatic carbocycles. The van der Waals surface area contributed by atoms with Gasteiger partial charge in [0, 0.05) is 6.42 Å². The van der Waals surface area contributed by atoms with Crippen molar-refractivity contribution in [2.75, 3.05) is 6.61 Å². The molecule has 5 heteroatoms. The first-order valence-corrected chi connectivity index (χ1v) is 12.9. The van der Waals surface area contributed by atoms with Gasteiger partial charge in [-0.05, 0) is 23.1 Å². The van der Waals surface area contributed by atoms with Crippen LogP contribution >= 0.6 is 0 Å². The highest BCUT2D eigenvalue weighted by molar-refractivity contribution is 5.74. The van der Waals surface area contributed by atoms with E-state index in [1.807, 2.05) is 91.0 Å². The quantitative estimate of drug-likeness (QED) is 0.220. The predicted molar refractivity (Wildman–Crippen MR) is 139 cm³/mol. The molecular weight excluding hydrogens is 452 g/mol. The molecule has 190 valence electrons. The minimum absolute atomic E-state index is 0.0974. The summed E-state index contributed by atoms with van der Waals surface area (Å²) in [5.41, 5.74) is 1.93. The number of aliphatic hydroxyl groups excluding tert-OH is 2. The number of ether oxygens (including phenoxy) is 2. The second kappa shape index (κ2) is 12.3. The lowest BCUT2D eigenvalue weighted by molar-refractivity contribution is -0.185. The van der Waals surface area contributed by atoms with Crippen LogP contribution in [0.3, 0.4) is 0 Å². The van der Waals surface area contributed by atoms with Gasteiger partial charge in [-0.15, -0.1) is 0 Å². The molecule has 1 heterocycles. The standard InChI is InChI=1S/C31H36O5/c1-2-3-7-20-27(32)29-28(33)21-26(36-30(29)34)22-35-31(23-14-8-4-9-15-23,24-16-10-5-11-17-24)25-18-12-6-13-19-25/h4-6,8-19,26-29,32-33H,2-3,7,20-22H2,1H3. The Morgan fingerprint density at radius 2 is 1.39 bits per heavy atom. The first-order chi connectivity index (χ1) is 17.6. The first-order valence-electron chi connectivity index (χ1n) is 12.9. The SMILES string of the molecule is CCCCCC(O)C1C(=O)OC(COC(c2ccccc2)(c2ccccc2)c2ccccc2)CC1O. The molecule has 4 unspecified atom stereocenters. The summed E-state index contributed by atoms with van der Waals surface area (Å²) in [4.78, 5) is 12.8. The van der Waals surface area contributed by atoms with Crippen LogP contribution < -0.4 is 0 Å². The molecule has 1 fully saturated rings. The molecule has 5 nitrogen and oxygen atoms in total. The van der Waals surface area contributed by atoms with E-state index in [1.165, 1.54) is 0 Å². The topological polar surface area (TPSA) is 76.0 Å². The van der Waals surface area contributed by atoms with Gasteiger partial charge in [0.25, 0.3) is 0 Å². The highest BCUT2D eigenvalue weighted by Gasteiger charge is 2.44. The van der Waals surface area contributed by atoms with Gasteiger partial charge < -0.3 is 19.7 Å². The fourth-order valence-electron chi connectivity index (χ4n) is 5.15. The molecule has 0 bridgehead atoms. The lowest BCUT2D eigenvalue weighted by Crippen LogP contribution is -2.49. The van der Waals surface area contributed by atoms with Crippen LogP contribution in [0.4, 0.5) is 0 Å². The van der Waals surface area contributed by atoms with E-state index >= 15 is 0 Å². The van der Waals surface area contributed by atoms with Crippen LogP contribution in [0.1, 0.15) is 55.7 Å². The highest BCUT2D eigenvalue weighted by atomic mass is 16.6. The van der Waals surface area contributed by atoms with Crippen molar-refractivity contribution in [2.24, 2.45) is 5.92 Å². The number of esters is 1. The van der Waals surface area contributed by atoms with E-state index in [2.05, 4.69) is 6.92 Å². The van der Waals surface area contributed by atoms with Gasteiger partial charge in [0.1, 0.15) is 17.6 Å². The van der Waals surface area contributed by atoms with Gasteiger partial charge in [-0.3, -0.25) is 4.79 Å². The first kappa shape index (κ1) is 26.1. The predicted octanol–water partition coefficient (Wildman–Crippen LogP) is 5.23. The van der Waals surface area contributed by atoms with E-state index in [0.29, 0.717) is 6.42 Å². The summed E-state index contributed by atoms with van der Waals surface area (Å²) in [6.07, 6.45) is 1.01. The number of aliphatic hydroxyl groups is 2. The lowest BCUT2D eigenvalue weighted by atomic mass is 9.80. The van der Waals surface area contributed by atoms with Gasteiger partial charge in [0.2, 0.25) is 0 Å². The Morgan fingerprint density at radius 1 is 0.889 bits per heavy atom. The summed E-state index contributed by atoms with van der Waals surface area (Å²) in [7, 11) is 0. The summed E-state index contributed by atoms with van der Waals surface area (Å²) in [6.45, 7) is 2.18. The molecule has 0 saturated carbocycles. The van der Waals surface area contributed by atoms with Crippen LogP contribution in [-0.4, -0.2) is 41.1 Å². The van der Waals surface area contributed by atoms with Crippen LogP contribution in [-0.2, 0) is 19.9 Å². The number of carbonyl (C=O) groups is 1. The van der Waals surface area contributed by atoms with Crippen molar-refractivity contribution in [1.29, 1.82) is 0 Å². The van der Waals surface area contributed by atoms with E-state index in [4.69, 9.17) is 9.47 Å². The number of benzene rings is 3. The molecule has 4 atom stereocenters. The zero-order chi connectivity index (χ0) is 25.4. The van der Waals surface area contributed by atoms with Crippen molar-refractivity contribution in [2.45, 2.75) is 62.9 Å². The zero-order valence-electron chi connectivity index (χ0n) is 20.8. The van der Waals surface area contributed by atoms with Gasteiger partial charge in [0.15, 0.2) is 0 Å². The van der Waals surface area contributed by atoms with E-state index < -0.39 is 35.8 Å². The Morgan fingerprint density at radius 3 is 1.83 bits per heavy atom. The maximum Gasteiger partial charge on any atom is 0.314 e. The monoisotopic (exact) mass is 488 g/mol. The molecule has 0 aliphatic carbocycles. The average molecular weight is 489 g/mol. The van der Waals surface area contributed by atoms with Crippen LogP contribution in [0, 0.1) is 5.92 Å². The van der Waals surface area contributed by atoms with E-state index in [9.17, 15) is 15.0 Å². The highest BCUT2D eigenvalue weighted by Crippen LogP contribution is 2.41. The fraction of sp³-hybridized carbons (Fsp3) is 0.387. The maximum atomic E-state index is 12.8. The van der Waals surface area contributed by atoms with Gasteiger partial charge in [-0.1, -0.05) is 117 Å². The summed E-state index contributed by atoms with van der Waals surface area (Å²) < 4.78 is 12.5. The number of cyclic esters (lactones) is 1. The minimum Gasteiger partial charge on any atom is -0.459 e. The second-order valence-electron chi connectivity index (χ2n) is 9.54. The van der Waals surface area contributed by atoms with Gasteiger partial charge in [-0.2, -0.15) is 0 Å². The van der Waals surface area contributed by atoms with E-state index in [-0.39, 0.29) is 13.0 Å². The van der Waals surface area contributed by atoms with Crippen LogP contribution in [0.5, 0.6) is 0 Å². The molecule has 36 heavy (non-hydrogen) atoms. The largest absolute Gasteiger partial charge is 0.459 e. The van der Waals surface area contributed by atoms with E-state index in [1.54, 1.807) is 0 Å². The summed E-state index contributed by atoms with van der Waals surface area (Å²) in [6, 6.07) is 30.0. The third kappa shape index (κ3) is 5.70. The van der Waals surface area contributed by atoms with Crippen molar-refractivity contribution in [3.63, 3.8) is 0 Å². The van der Waals surface area contributed by atoms with Gasteiger partial charge >= 0.3 is 5.97 Å². The third-order valence-corrected chi connectivity index (χ3v) is 7.02. The smallest absolute Gasteiger partial charge is 0.314 e. The summed E-state index contributed by atoms with van der Waals surface area (Å²) in [5, 5.41) is 21.3.